The lowest BCUT2D eigenvalue weighted by Gasteiger charge is -2.15. The third-order valence-corrected chi connectivity index (χ3v) is 3.63. The van der Waals surface area contributed by atoms with E-state index < -0.39 is 0 Å². The van der Waals surface area contributed by atoms with Crippen LogP contribution in [0.1, 0.15) is 25.8 Å². The van der Waals surface area contributed by atoms with Gasteiger partial charge in [0.15, 0.2) is 0 Å². The molecule has 1 aromatic carbocycles. The maximum atomic E-state index is 6.25. The van der Waals surface area contributed by atoms with Crippen LogP contribution in [0.3, 0.4) is 0 Å². The van der Waals surface area contributed by atoms with E-state index in [0.29, 0.717) is 5.92 Å². The largest absolute Gasteiger partial charge is 0.497 e. The van der Waals surface area contributed by atoms with Crippen molar-refractivity contribution in [1.29, 1.82) is 0 Å². The molecule has 0 radical (unpaired) electrons. The van der Waals surface area contributed by atoms with E-state index in [4.69, 9.17) is 21.1 Å². The highest BCUT2D eigenvalue weighted by Gasteiger charge is 2.11. The summed E-state index contributed by atoms with van der Waals surface area (Å²) in [4.78, 5) is 0. The van der Waals surface area contributed by atoms with Gasteiger partial charge in [-0.05, 0) is 30.4 Å². The van der Waals surface area contributed by atoms with Crippen LogP contribution in [0.5, 0.6) is 11.5 Å². The first kappa shape index (κ1) is 14.2. The Morgan fingerprint density at radius 1 is 1.18 bits per heavy atom. The van der Waals surface area contributed by atoms with Gasteiger partial charge in [-0.3, -0.25) is 0 Å². The molecule has 0 saturated carbocycles. The van der Waals surface area contributed by atoms with E-state index in [-0.39, 0.29) is 5.38 Å². The first-order valence-corrected chi connectivity index (χ1v) is 6.37. The van der Waals surface area contributed by atoms with Gasteiger partial charge in [-0.25, -0.2) is 0 Å². The SMILES string of the molecule is COc1ccc(CCC(Cl)C(C)C)c(OC)c1. The van der Waals surface area contributed by atoms with Crippen LogP contribution in [0.2, 0.25) is 0 Å². The number of rotatable bonds is 6. The fourth-order valence-corrected chi connectivity index (χ4v) is 1.79. The summed E-state index contributed by atoms with van der Waals surface area (Å²) >= 11 is 6.25. The van der Waals surface area contributed by atoms with Crippen LogP contribution < -0.4 is 9.47 Å². The second kappa shape index (κ2) is 6.75. The molecule has 0 amide bonds. The fourth-order valence-electron chi connectivity index (χ4n) is 1.69. The molecule has 0 spiro atoms. The molecule has 96 valence electrons. The van der Waals surface area contributed by atoms with Gasteiger partial charge in [0.05, 0.1) is 14.2 Å². The molecule has 17 heavy (non-hydrogen) atoms. The van der Waals surface area contributed by atoms with Crippen LogP contribution in [0.15, 0.2) is 18.2 Å². The monoisotopic (exact) mass is 256 g/mol. The molecular formula is C14H21ClO2. The molecule has 1 atom stereocenters. The molecule has 0 heterocycles. The lowest BCUT2D eigenvalue weighted by Crippen LogP contribution is -2.09. The van der Waals surface area contributed by atoms with E-state index >= 15 is 0 Å². The Bertz CT molecular complexity index is 350. The van der Waals surface area contributed by atoms with Gasteiger partial charge in [-0.1, -0.05) is 19.9 Å². The Kier molecular flexibility index (Phi) is 5.63. The Balaban J connectivity index is 2.70. The lowest BCUT2D eigenvalue weighted by molar-refractivity contribution is 0.390. The van der Waals surface area contributed by atoms with Crippen LogP contribution in [0.25, 0.3) is 0 Å². The van der Waals surface area contributed by atoms with E-state index in [9.17, 15) is 0 Å². The van der Waals surface area contributed by atoms with E-state index in [1.165, 1.54) is 5.56 Å². The van der Waals surface area contributed by atoms with E-state index in [0.717, 1.165) is 24.3 Å². The summed E-state index contributed by atoms with van der Waals surface area (Å²) in [6.45, 7) is 4.28. The van der Waals surface area contributed by atoms with Gasteiger partial charge in [0.2, 0.25) is 0 Å². The summed E-state index contributed by atoms with van der Waals surface area (Å²) in [5.74, 6) is 2.19. The highest BCUT2D eigenvalue weighted by molar-refractivity contribution is 6.20. The predicted octanol–water partition coefficient (Wildman–Crippen LogP) is 3.90. The first-order valence-electron chi connectivity index (χ1n) is 5.93. The second-order valence-corrected chi connectivity index (χ2v) is 5.04. The van der Waals surface area contributed by atoms with Gasteiger partial charge < -0.3 is 9.47 Å². The summed E-state index contributed by atoms with van der Waals surface area (Å²) in [6.07, 6.45) is 1.89. The highest BCUT2D eigenvalue weighted by atomic mass is 35.5. The summed E-state index contributed by atoms with van der Waals surface area (Å²) in [6, 6.07) is 5.91. The van der Waals surface area contributed by atoms with Crippen molar-refractivity contribution >= 4 is 11.6 Å². The molecule has 2 nitrogen and oxygen atoms in total. The summed E-state index contributed by atoms with van der Waals surface area (Å²) in [5.41, 5.74) is 1.18. The molecule has 0 N–H and O–H groups in total. The zero-order valence-electron chi connectivity index (χ0n) is 11.0. The maximum absolute atomic E-state index is 6.25. The van der Waals surface area contributed by atoms with E-state index in [1.807, 2.05) is 18.2 Å². The lowest BCUT2D eigenvalue weighted by atomic mass is 10.0. The van der Waals surface area contributed by atoms with Gasteiger partial charge in [0, 0.05) is 11.4 Å². The van der Waals surface area contributed by atoms with Crippen LogP contribution >= 0.6 is 11.6 Å². The summed E-state index contributed by atoms with van der Waals surface area (Å²) in [7, 11) is 3.33. The molecule has 1 rings (SSSR count). The molecule has 0 fully saturated rings. The van der Waals surface area contributed by atoms with Crippen LogP contribution in [0.4, 0.5) is 0 Å². The van der Waals surface area contributed by atoms with E-state index in [2.05, 4.69) is 13.8 Å². The Morgan fingerprint density at radius 2 is 1.88 bits per heavy atom. The van der Waals surface area contributed by atoms with E-state index in [1.54, 1.807) is 14.2 Å². The molecule has 0 bridgehead atoms. The Hall–Kier alpha value is -0.890. The fraction of sp³-hybridized carbons (Fsp3) is 0.571. The molecule has 0 aromatic heterocycles. The van der Waals surface area contributed by atoms with Crippen molar-refractivity contribution in [3.8, 4) is 11.5 Å². The highest BCUT2D eigenvalue weighted by Crippen LogP contribution is 2.27. The minimum Gasteiger partial charge on any atom is -0.497 e. The zero-order chi connectivity index (χ0) is 12.8. The number of hydrogen-bond acceptors (Lipinski definition) is 2. The number of aryl methyl sites for hydroxylation is 1. The average Bonchev–Trinajstić information content (AvgIpc) is 2.35. The summed E-state index contributed by atoms with van der Waals surface area (Å²) < 4.78 is 10.5. The summed E-state index contributed by atoms with van der Waals surface area (Å²) in [5, 5.41) is 0.210. The van der Waals surface area contributed by atoms with Crippen LogP contribution in [0, 0.1) is 5.92 Å². The zero-order valence-corrected chi connectivity index (χ0v) is 11.8. The third kappa shape index (κ3) is 4.12. The number of hydrogen-bond donors (Lipinski definition) is 0. The second-order valence-electron chi connectivity index (χ2n) is 4.48. The van der Waals surface area contributed by atoms with Crippen molar-refractivity contribution in [3.05, 3.63) is 23.8 Å². The standard InChI is InChI=1S/C14H21ClO2/c1-10(2)13(15)8-6-11-5-7-12(16-3)9-14(11)17-4/h5,7,9-10,13H,6,8H2,1-4H3. The van der Waals surface area contributed by atoms with Gasteiger partial charge in [-0.2, -0.15) is 0 Å². The topological polar surface area (TPSA) is 18.5 Å². The van der Waals surface area contributed by atoms with Crippen LogP contribution in [-0.2, 0) is 6.42 Å². The smallest absolute Gasteiger partial charge is 0.125 e. The van der Waals surface area contributed by atoms with Gasteiger partial charge in [0.1, 0.15) is 11.5 Å². The minimum absolute atomic E-state index is 0.210. The number of methoxy groups -OCH3 is 2. The number of benzene rings is 1. The predicted molar refractivity (Wildman–Crippen MR) is 72.3 cm³/mol. The molecule has 3 heteroatoms. The third-order valence-electron chi connectivity index (χ3n) is 2.91. The molecule has 1 unspecified atom stereocenters. The number of alkyl halides is 1. The quantitative estimate of drug-likeness (QED) is 0.719. The molecule has 0 aliphatic heterocycles. The molecule has 0 saturated heterocycles. The molecule has 0 aliphatic rings. The van der Waals surface area contributed by atoms with Crippen molar-refractivity contribution in [3.63, 3.8) is 0 Å². The molecule has 0 aliphatic carbocycles. The number of ether oxygens (including phenoxy) is 2. The van der Waals surface area contributed by atoms with Crippen molar-refractivity contribution in [2.24, 2.45) is 5.92 Å². The van der Waals surface area contributed by atoms with Crippen molar-refractivity contribution < 1.29 is 9.47 Å². The average molecular weight is 257 g/mol. The maximum Gasteiger partial charge on any atom is 0.125 e. The molecule has 1 aromatic rings. The van der Waals surface area contributed by atoms with Gasteiger partial charge in [0.25, 0.3) is 0 Å². The van der Waals surface area contributed by atoms with Crippen LogP contribution in [-0.4, -0.2) is 19.6 Å². The number of halogens is 1. The first-order chi connectivity index (χ1) is 8.08. The van der Waals surface area contributed by atoms with Crippen molar-refractivity contribution in [1.82, 2.24) is 0 Å². The Morgan fingerprint density at radius 3 is 2.41 bits per heavy atom. The van der Waals surface area contributed by atoms with Crippen molar-refractivity contribution in [2.75, 3.05) is 14.2 Å². The van der Waals surface area contributed by atoms with Crippen molar-refractivity contribution in [2.45, 2.75) is 32.1 Å². The normalized spacial score (nSPS) is 12.6. The Labute approximate surface area is 109 Å². The minimum atomic E-state index is 0.210. The molecular weight excluding hydrogens is 236 g/mol. The van der Waals surface area contributed by atoms with Gasteiger partial charge >= 0.3 is 0 Å². The van der Waals surface area contributed by atoms with Gasteiger partial charge in [-0.15, -0.1) is 11.6 Å².